The predicted octanol–water partition coefficient (Wildman–Crippen LogP) is 4.16. The Morgan fingerprint density at radius 3 is 1.88 bits per heavy atom. The zero-order valence-electron chi connectivity index (χ0n) is 17.6. The first-order chi connectivity index (χ1) is 16.0. The van der Waals surface area contributed by atoms with Crippen molar-refractivity contribution in [2.24, 2.45) is 0 Å². The molecule has 33 heavy (non-hydrogen) atoms. The number of benzene rings is 4. The van der Waals surface area contributed by atoms with E-state index in [1.807, 2.05) is 84.9 Å². The molecule has 4 aromatic rings. The minimum absolute atomic E-state index is 0.0192. The van der Waals surface area contributed by atoms with Gasteiger partial charge in [-0.3, -0.25) is 14.9 Å². The highest BCUT2D eigenvalue weighted by Crippen LogP contribution is 2.43. The minimum Gasteiger partial charge on any atom is -0.348 e. The van der Waals surface area contributed by atoms with Crippen LogP contribution >= 0.6 is 7.14 Å². The zero-order valence-corrected chi connectivity index (χ0v) is 18.5. The summed E-state index contributed by atoms with van der Waals surface area (Å²) < 4.78 is 14.7. The van der Waals surface area contributed by atoms with Gasteiger partial charge < -0.3 is 9.88 Å². The van der Waals surface area contributed by atoms with Crippen LogP contribution in [-0.2, 0) is 11.1 Å². The Labute approximate surface area is 191 Å². The van der Waals surface area contributed by atoms with Crippen molar-refractivity contribution in [1.29, 1.82) is 0 Å². The van der Waals surface area contributed by atoms with Crippen molar-refractivity contribution < 1.29 is 14.3 Å². The third kappa shape index (κ3) is 4.47. The van der Waals surface area contributed by atoms with E-state index in [4.69, 9.17) is 0 Å². The Bertz CT molecular complexity index is 1300. The van der Waals surface area contributed by atoms with Crippen LogP contribution in [0.15, 0.2) is 109 Å². The molecule has 6 nitrogen and oxygen atoms in total. The van der Waals surface area contributed by atoms with Crippen molar-refractivity contribution in [2.75, 3.05) is 0 Å². The monoisotopic (exact) mass is 456 g/mol. The average Bonchev–Trinajstić information content (AvgIpc) is 2.88. The van der Waals surface area contributed by atoms with Crippen LogP contribution in [0.1, 0.15) is 15.9 Å². The summed E-state index contributed by atoms with van der Waals surface area (Å²) in [6.07, 6.45) is 0. The van der Waals surface area contributed by atoms with Gasteiger partial charge >= 0.3 is 0 Å². The van der Waals surface area contributed by atoms with Crippen LogP contribution in [0.4, 0.5) is 5.69 Å². The molecule has 0 saturated carbocycles. The molecule has 0 atom stereocenters. The van der Waals surface area contributed by atoms with Gasteiger partial charge in [-0.2, -0.15) is 0 Å². The van der Waals surface area contributed by atoms with Gasteiger partial charge in [0.2, 0.25) is 0 Å². The summed E-state index contributed by atoms with van der Waals surface area (Å²) in [7, 11) is -3.23. The first-order valence-corrected chi connectivity index (χ1v) is 12.0. The number of para-hydroxylation sites is 1. The van der Waals surface area contributed by atoms with Gasteiger partial charge in [-0.15, -0.1) is 0 Å². The topological polar surface area (TPSA) is 89.3 Å². The quantitative estimate of drug-likeness (QED) is 0.257. The molecule has 0 spiro atoms. The van der Waals surface area contributed by atoms with Crippen molar-refractivity contribution >= 4 is 34.7 Å². The number of rotatable bonds is 7. The molecule has 4 rings (SSSR count). The van der Waals surface area contributed by atoms with Gasteiger partial charge in [0, 0.05) is 28.5 Å². The number of nitrogens with zero attached hydrogens (tertiary/aromatic N) is 1. The first kappa shape index (κ1) is 22.2. The maximum absolute atomic E-state index is 14.7. The lowest BCUT2D eigenvalue weighted by Gasteiger charge is -2.23. The molecule has 0 saturated heterocycles. The third-order valence-electron chi connectivity index (χ3n) is 5.36. The molecule has 0 heterocycles. The minimum atomic E-state index is -3.23. The standard InChI is InChI=1S/C26H21N2O4P/c29-26(23-16-8-9-17-24(23)28(30)31)27-19-20-11-7-10-18-25(20)33(32,21-12-3-1-4-13-21)22-14-5-2-6-15-22/h1-18H,19H2,(H,27,29). The van der Waals surface area contributed by atoms with E-state index < -0.39 is 18.0 Å². The van der Waals surface area contributed by atoms with Gasteiger partial charge in [-0.1, -0.05) is 97.1 Å². The molecule has 0 aliphatic heterocycles. The number of nitro groups is 1. The Hall–Kier alpha value is -4.02. The molecular weight excluding hydrogens is 435 g/mol. The SMILES string of the molecule is O=C(NCc1ccccc1P(=O)(c1ccccc1)c1ccccc1)c1ccccc1[N+](=O)[O-]. The smallest absolute Gasteiger partial charge is 0.282 e. The fraction of sp³-hybridized carbons (Fsp3) is 0.0385. The average molecular weight is 456 g/mol. The molecule has 0 bridgehead atoms. The lowest BCUT2D eigenvalue weighted by Crippen LogP contribution is -2.31. The molecule has 1 N–H and O–H groups in total. The summed E-state index contributed by atoms with van der Waals surface area (Å²) in [6.45, 7) is 0.0741. The number of nitrogens with one attached hydrogen (secondary N) is 1. The van der Waals surface area contributed by atoms with Gasteiger partial charge in [0.15, 0.2) is 7.14 Å². The van der Waals surface area contributed by atoms with Gasteiger partial charge in [0.05, 0.1) is 4.92 Å². The highest BCUT2D eigenvalue weighted by molar-refractivity contribution is 7.85. The third-order valence-corrected chi connectivity index (χ3v) is 8.52. The lowest BCUT2D eigenvalue weighted by atomic mass is 10.1. The fourth-order valence-electron chi connectivity index (χ4n) is 3.77. The van der Waals surface area contributed by atoms with Crippen molar-refractivity contribution in [1.82, 2.24) is 5.32 Å². The molecule has 164 valence electrons. The molecule has 4 aromatic carbocycles. The van der Waals surface area contributed by atoms with E-state index in [1.165, 1.54) is 18.2 Å². The predicted molar refractivity (Wildman–Crippen MR) is 130 cm³/mol. The summed E-state index contributed by atoms with van der Waals surface area (Å²) in [5.74, 6) is -0.564. The number of nitro benzene ring substituents is 1. The Morgan fingerprint density at radius 2 is 1.27 bits per heavy atom. The van der Waals surface area contributed by atoms with Gasteiger partial charge in [-0.05, 0) is 11.6 Å². The van der Waals surface area contributed by atoms with Crippen LogP contribution in [0, 0.1) is 10.1 Å². The van der Waals surface area contributed by atoms with Crippen LogP contribution in [0.5, 0.6) is 0 Å². The van der Waals surface area contributed by atoms with Crippen LogP contribution in [0.3, 0.4) is 0 Å². The highest BCUT2D eigenvalue weighted by atomic mass is 31.2. The van der Waals surface area contributed by atoms with Crippen molar-refractivity contribution in [2.45, 2.75) is 6.54 Å². The van der Waals surface area contributed by atoms with Crippen LogP contribution in [0.25, 0.3) is 0 Å². The highest BCUT2D eigenvalue weighted by Gasteiger charge is 2.31. The van der Waals surface area contributed by atoms with E-state index in [-0.39, 0.29) is 17.8 Å². The number of hydrogen-bond donors (Lipinski definition) is 1. The van der Waals surface area contributed by atoms with Crippen molar-refractivity contribution in [3.8, 4) is 0 Å². The molecule has 0 fully saturated rings. The zero-order chi connectivity index (χ0) is 23.3. The van der Waals surface area contributed by atoms with Gasteiger partial charge in [0.1, 0.15) is 5.56 Å². The molecule has 0 radical (unpaired) electrons. The molecule has 0 unspecified atom stereocenters. The molecule has 1 amide bonds. The summed E-state index contributed by atoms with van der Waals surface area (Å²) in [5, 5.41) is 16.0. The van der Waals surface area contributed by atoms with Crippen LogP contribution in [-0.4, -0.2) is 10.8 Å². The molecule has 0 aliphatic rings. The Kier molecular flexibility index (Phi) is 6.48. The second kappa shape index (κ2) is 9.63. The number of carbonyl (C=O) groups is 1. The first-order valence-electron chi connectivity index (χ1n) is 10.3. The van der Waals surface area contributed by atoms with E-state index in [1.54, 1.807) is 6.07 Å². The number of hydrogen-bond acceptors (Lipinski definition) is 4. The van der Waals surface area contributed by atoms with E-state index in [9.17, 15) is 19.5 Å². The van der Waals surface area contributed by atoms with Crippen LogP contribution < -0.4 is 21.2 Å². The molecule has 7 heteroatoms. The van der Waals surface area contributed by atoms with E-state index >= 15 is 0 Å². The fourth-order valence-corrected chi connectivity index (χ4v) is 6.66. The second-order valence-corrected chi connectivity index (χ2v) is 10.1. The summed E-state index contributed by atoms with van der Waals surface area (Å²) in [6, 6.07) is 31.6. The molecule has 0 aliphatic carbocycles. The van der Waals surface area contributed by atoms with Crippen LogP contribution in [0.2, 0.25) is 0 Å². The molecular formula is C26H21N2O4P. The number of amides is 1. The summed E-state index contributed by atoms with van der Waals surface area (Å²) in [4.78, 5) is 23.5. The summed E-state index contributed by atoms with van der Waals surface area (Å²) >= 11 is 0. The van der Waals surface area contributed by atoms with E-state index in [0.717, 1.165) is 0 Å². The lowest BCUT2D eigenvalue weighted by molar-refractivity contribution is -0.385. The number of carbonyl (C=O) groups excluding carboxylic acids is 1. The van der Waals surface area contributed by atoms with Crippen molar-refractivity contribution in [3.05, 3.63) is 130 Å². The van der Waals surface area contributed by atoms with Crippen molar-refractivity contribution in [3.63, 3.8) is 0 Å². The Morgan fingerprint density at radius 1 is 0.758 bits per heavy atom. The van der Waals surface area contributed by atoms with E-state index in [2.05, 4.69) is 5.32 Å². The van der Waals surface area contributed by atoms with Gasteiger partial charge in [0.25, 0.3) is 11.6 Å². The Balaban J connectivity index is 1.73. The summed E-state index contributed by atoms with van der Waals surface area (Å²) in [5.41, 5.74) is 0.400. The maximum atomic E-state index is 14.7. The van der Waals surface area contributed by atoms with E-state index in [0.29, 0.717) is 21.5 Å². The maximum Gasteiger partial charge on any atom is 0.282 e. The normalized spacial score (nSPS) is 11.0. The largest absolute Gasteiger partial charge is 0.348 e. The molecule has 0 aromatic heterocycles. The van der Waals surface area contributed by atoms with Gasteiger partial charge in [-0.25, -0.2) is 0 Å². The second-order valence-electron chi connectivity index (χ2n) is 7.37.